The Hall–Kier alpha value is -4.17. The first-order chi connectivity index (χ1) is 16.5. The Balaban J connectivity index is 1.71. The van der Waals surface area contributed by atoms with Crippen molar-refractivity contribution in [3.8, 4) is 11.5 Å². The van der Waals surface area contributed by atoms with Crippen molar-refractivity contribution in [1.29, 1.82) is 0 Å². The molecule has 5 rings (SSSR count). The zero-order chi connectivity index (χ0) is 23.8. The maximum atomic E-state index is 13.3. The second-order valence-corrected chi connectivity index (χ2v) is 8.65. The molecule has 1 aromatic heterocycles. The Bertz CT molecular complexity index is 1430. The van der Waals surface area contributed by atoms with Crippen LogP contribution >= 0.6 is 11.3 Å². The van der Waals surface area contributed by atoms with Gasteiger partial charge in [0.1, 0.15) is 17.3 Å². The average molecular weight is 473 g/mol. The topological polar surface area (TPSA) is 89.0 Å². The van der Waals surface area contributed by atoms with Crippen LogP contribution in [0.4, 0.5) is 5.13 Å². The lowest BCUT2D eigenvalue weighted by atomic mass is 9.95. The van der Waals surface area contributed by atoms with Gasteiger partial charge in [-0.25, -0.2) is 4.98 Å². The van der Waals surface area contributed by atoms with Gasteiger partial charge in [0.2, 0.25) is 0 Å². The van der Waals surface area contributed by atoms with Gasteiger partial charge in [-0.3, -0.25) is 14.5 Å². The Labute approximate surface area is 199 Å². The van der Waals surface area contributed by atoms with Crippen LogP contribution in [0.3, 0.4) is 0 Å². The van der Waals surface area contributed by atoms with Gasteiger partial charge in [0.05, 0.1) is 36.1 Å². The molecule has 0 radical (unpaired) electrons. The summed E-state index contributed by atoms with van der Waals surface area (Å²) in [7, 11) is 3.14. The number of hydrogen-bond acceptors (Lipinski definition) is 7. The van der Waals surface area contributed by atoms with Crippen molar-refractivity contribution in [3.05, 3.63) is 89.5 Å². The van der Waals surface area contributed by atoms with E-state index in [1.807, 2.05) is 12.1 Å². The number of fused-ring (bicyclic) bond motifs is 1. The van der Waals surface area contributed by atoms with Crippen LogP contribution in [0.2, 0.25) is 0 Å². The number of aliphatic hydroxyl groups is 1. The van der Waals surface area contributed by atoms with Crippen LogP contribution in [-0.2, 0) is 9.59 Å². The van der Waals surface area contributed by atoms with E-state index in [-0.39, 0.29) is 11.3 Å². The average Bonchev–Trinajstić information content (AvgIpc) is 3.41. The fourth-order valence-corrected chi connectivity index (χ4v) is 5.03. The molecule has 0 bridgehead atoms. The number of anilines is 1. The van der Waals surface area contributed by atoms with Gasteiger partial charge in [-0.2, -0.15) is 0 Å². The van der Waals surface area contributed by atoms with E-state index in [1.54, 1.807) is 74.9 Å². The van der Waals surface area contributed by atoms with Gasteiger partial charge in [-0.15, -0.1) is 0 Å². The Kier molecular flexibility index (Phi) is 5.51. The van der Waals surface area contributed by atoms with Crippen LogP contribution in [-0.4, -0.2) is 36.0 Å². The van der Waals surface area contributed by atoms with Crippen molar-refractivity contribution in [3.63, 3.8) is 0 Å². The summed E-state index contributed by atoms with van der Waals surface area (Å²) < 4.78 is 11.4. The van der Waals surface area contributed by atoms with Crippen molar-refractivity contribution in [2.75, 3.05) is 19.1 Å². The van der Waals surface area contributed by atoms with E-state index in [4.69, 9.17) is 9.47 Å². The number of hydrogen-bond donors (Lipinski definition) is 1. The number of nitrogens with zero attached hydrogens (tertiary/aromatic N) is 2. The second-order valence-electron chi connectivity index (χ2n) is 7.64. The van der Waals surface area contributed by atoms with Gasteiger partial charge < -0.3 is 14.6 Å². The highest BCUT2D eigenvalue weighted by Crippen LogP contribution is 2.44. The third-order valence-electron chi connectivity index (χ3n) is 5.71. The summed E-state index contributed by atoms with van der Waals surface area (Å²) in [5.41, 5.74) is 1.79. The van der Waals surface area contributed by atoms with E-state index in [9.17, 15) is 14.7 Å². The lowest BCUT2D eigenvalue weighted by Gasteiger charge is -2.23. The molecule has 1 saturated heterocycles. The molecule has 0 aliphatic carbocycles. The molecule has 1 atom stereocenters. The molecule has 1 amide bonds. The zero-order valence-corrected chi connectivity index (χ0v) is 19.2. The number of ether oxygens (including phenoxy) is 2. The SMILES string of the molecule is COc1ccc([C@H]2/C(=C(\O)c3ccccc3)C(=O)C(=O)N2c2nc3ccc(OC)cc3s2)cc1. The Morgan fingerprint density at radius 3 is 2.29 bits per heavy atom. The molecule has 1 fully saturated rings. The smallest absolute Gasteiger partial charge is 0.301 e. The minimum absolute atomic E-state index is 0.0122. The number of carbonyl (C=O) groups is 2. The number of carbonyl (C=O) groups excluding carboxylic acids is 2. The van der Waals surface area contributed by atoms with Crippen LogP contribution < -0.4 is 14.4 Å². The van der Waals surface area contributed by atoms with Gasteiger partial charge in [0, 0.05) is 5.56 Å². The maximum absolute atomic E-state index is 13.3. The fraction of sp³-hybridized carbons (Fsp3) is 0.115. The molecular formula is C26H20N2O5S. The molecule has 1 N–H and O–H groups in total. The van der Waals surface area contributed by atoms with E-state index in [2.05, 4.69) is 4.98 Å². The first kappa shape index (κ1) is 21.7. The summed E-state index contributed by atoms with van der Waals surface area (Å²) >= 11 is 1.28. The Morgan fingerprint density at radius 2 is 1.62 bits per heavy atom. The van der Waals surface area contributed by atoms with E-state index in [0.717, 1.165) is 4.70 Å². The standard InChI is InChI=1S/C26H20N2O5S/c1-32-17-10-8-15(9-11-17)22-21(23(29)16-6-4-3-5-7-16)24(30)25(31)28(22)26-27-19-13-12-18(33-2)14-20(19)34-26/h3-14,22,29H,1-2H3/b23-21+/t22-/m0/s1. The second kappa shape index (κ2) is 8.64. The first-order valence-corrected chi connectivity index (χ1v) is 11.3. The molecule has 4 aromatic rings. The quantitative estimate of drug-likeness (QED) is 0.251. The van der Waals surface area contributed by atoms with Crippen molar-refractivity contribution in [2.45, 2.75) is 6.04 Å². The van der Waals surface area contributed by atoms with Gasteiger partial charge in [0.15, 0.2) is 5.13 Å². The molecule has 1 aliphatic rings. The van der Waals surface area contributed by atoms with Gasteiger partial charge in [-0.1, -0.05) is 53.8 Å². The largest absolute Gasteiger partial charge is 0.507 e. The van der Waals surface area contributed by atoms with E-state index >= 15 is 0 Å². The first-order valence-electron chi connectivity index (χ1n) is 10.5. The molecule has 7 nitrogen and oxygen atoms in total. The lowest BCUT2D eigenvalue weighted by Crippen LogP contribution is -2.29. The normalized spacial score (nSPS) is 17.4. The van der Waals surface area contributed by atoms with Crippen LogP contribution in [0.1, 0.15) is 17.2 Å². The number of rotatable bonds is 5. The van der Waals surface area contributed by atoms with Crippen molar-refractivity contribution >= 4 is 44.1 Å². The summed E-state index contributed by atoms with van der Waals surface area (Å²) in [6, 6.07) is 20.3. The molecule has 0 saturated carbocycles. The number of benzene rings is 3. The monoisotopic (exact) mass is 472 g/mol. The number of amides is 1. The third kappa shape index (κ3) is 3.58. The molecule has 0 spiro atoms. The molecule has 8 heteroatoms. The molecule has 1 aliphatic heterocycles. The number of methoxy groups -OCH3 is 2. The van der Waals surface area contributed by atoms with Crippen molar-refractivity contribution in [1.82, 2.24) is 4.98 Å². The van der Waals surface area contributed by atoms with Crippen LogP contribution in [0.5, 0.6) is 11.5 Å². The summed E-state index contributed by atoms with van der Waals surface area (Å²) in [6.07, 6.45) is 0. The number of ketones is 1. The van der Waals surface area contributed by atoms with E-state index in [0.29, 0.717) is 33.3 Å². The number of aliphatic hydroxyl groups excluding tert-OH is 1. The highest BCUT2D eigenvalue weighted by molar-refractivity contribution is 7.22. The van der Waals surface area contributed by atoms with E-state index in [1.165, 1.54) is 16.2 Å². The fourth-order valence-electron chi connectivity index (χ4n) is 4.01. The molecule has 34 heavy (non-hydrogen) atoms. The van der Waals surface area contributed by atoms with Crippen LogP contribution in [0, 0.1) is 0 Å². The molecular weight excluding hydrogens is 452 g/mol. The van der Waals surface area contributed by atoms with Gasteiger partial charge >= 0.3 is 5.91 Å². The third-order valence-corrected chi connectivity index (χ3v) is 6.73. The van der Waals surface area contributed by atoms with Crippen molar-refractivity contribution < 1.29 is 24.2 Å². The highest BCUT2D eigenvalue weighted by Gasteiger charge is 2.48. The lowest BCUT2D eigenvalue weighted by molar-refractivity contribution is -0.132. The predicted octanol–water partition coefficient (Wildman–Crippen LogP) is 4.94. The summed E-state index contributed by atoms with van der Waals surface area (Å²) in [5, 5.41) is 11.5. The minimum atomic E-state index is -0.853. The zero-order valence-electron chi connectivity index (χ0n) is 18.4. The van der Waals surface area contributed by atoms with Crippen LogP contribution in [0.15, 0.2) is 78.4 Å². The minimum Gasteiger partial charge on any atom is -0.507 e. The molecule has 2 heterocycles. The Morgan fingerprint density at radius 1 is 0.941 bits per heavy atom. The maximum Gasteiger partial charge on any atom is 0.301 e. The number of Topliss-reactive ketones (excluding diaryl/α,β-unsaturated/α-hetero) is 1. The highest BCUT2D eigenvalue weighted by atomic mass is 32.1. The summed E-state index contributed by atoms with van der Waals surface area (Å²) in [5.74, 6) is -0.440. The van der Waals surface area contributed by atoms with Crippen molar-refractivity contribution in [2.24, 2.45) is 0 Å². The summed E-state index contributed by atoms with van der Waals surface area (Å²) in [4.78, 5) is 32.5. The molecule has 3 aromatic carbocycles. The predicted molar refractivity (Wildman–Crippen MR) is 130 cm³/mol. The van der Waals surface area contributed by atoms with E-state index < -0.39 is 17.7 Å². The van der Waals surface area contributed by atoms with Crippen LogP contribution in [0.25, 0.3) is 16.0 Å². The molecule has 170 valence electrons. The van der Waals surface area contributed by atoms with Gasteiger partial charge in [0.25, 0.3) is 5.78 Å². The summed E-state index contributed by atoms with van der Waals surface area (Å²) in [6.45, 7) is 0. The number of aromatic nitrogens is 1. The number of thiazole rings is 1. The molecule has 0 unspecified atom stereocenters. The van der Waals surface area contributed by atoms with Gasteiger partial charge in [-0.05, 0) is 35.9 Å².